The molecule has 0 spiro atoms. The molecular formula is C99H87BrCl2N6O21. The second-order valence-electron chi connectivity index (χ2n) is 31.1. The number of carboxylic acid groups (broad SMARTS) is 1. The molecular weight excluding hydrogens is 1760 g/mol. The second kappa shape index (κ2) is 41.6. The van der Waals surface area contributed by atoms with Crippen molar-refractivity contribution >= 4 is 137 Å². The normalized spacial score (nSPS) is 12.0. The number of nitrogens with one attached hydrogen (secondary N) is 2. The predicted octanol–water partition coefficient (Wildman–Crippen LogP) is 16.7. The quantitative estimate of drug-likeness (QED) is 0.0169. The molecule has 0 unspecified atom stereocenters. The van der Waals surface area contributed by atoms with Crippen molar-refractivity contribution in [2.45, 2.75) is 78.6 Å². The van der Waals surface area contributed by atoms with Crippen molar-refractivity contribution in [2.75, 3.05) is 38.2 Å². The monoisotopic (exact) mass is 1840 g/mol. The number of benzene rings is 10. The molecule has 4 aromatic heterocycles. The third-order valence-electron chi connectivity index (χ3n) is 20.3. The van der Waals surface area contributed by atoms with E-state index in [-0.39, 0.29) is 94.6 Å². The summed E-state index contributed by atoms with van der Waals surface area (Å²) in [4.78, 5) is 167. The number of aromatic nitrogens is 3. The summed E-state index contributed by atoms with van der Waals surface area (Å²) in [6.45, 7) is 13.3. The molecule has 5 aliphatic rings. The lowest BCUT2D eigenvalue weighted by atomic mass is 10.0. The zero-order valence-electron chi connectivity index (χ0n) is 70.5. The first kappa shape index (κ1) is 95.0. The Labute approximate surface area is 757 Å². The van der Waals surface area contributed by atoms with Crippen LogP contribution in [0.15, 0.2) is 266 Å². The van der Waals surface area contributed by atoms with Gasteiger partial charge >= 0.3 is 29.8 Å². The Hall–Kier alpha value is -14.7. The van der Waals surface area contributed by atoms with Crippen molar-refractivity contribution in [1.29, 1.82) is 0 Å². The number of pyridine rings is 3. The molecule has 660 valence electrons. The first-order valence-corrected chi connectivity index (χ1v) is 41.5. The zero-order chi connectivity index (χ0) is 90.5. The highest BCUT2D eigenvalue weighted by atomic mass is 79.9. The number of esters is 1. The third-order valence-corrected chi connectivity index (χ3v) is 20.8. The number of halogens is 3. The van der Waals surface area contributed by atoms with Gasteiger partial charge in [-0.05, 0) is 97.3 Å². The Bertz CT molecular complexity index is 7010. The van der Waals surface area contributed by atoms with Gasteiger partial charge in [-0.1, -0.05) is 222 Å². The fourth-order valence-corrected chi connectivity index (χ4v) is 15.0. The number of alkyl halides is 1. The maximum Gasteiger partial charge on any atom is 0.407 e. The number of carbonyl (C=O) groups excluding carboxylic acids is 8. The molecule has 5 heterocycles. The molecule has 30 heteroatoms. The summed E-state index contributed by atoms with van der Waals surface area (Å²) in [5.41, 5.74) is 13.2. The fraction of sp³-hybridized carbons (Fsp3) is 0.182. The van der Waals surface area contributed by atoms with Crippen molar-refractivity contribution in [3.8, 4) is 45.1 Å². The van der Waals surface area contributed by atoms with E-state index in [0.29, 0.717) is 184 Å². The standard InChI is InChI=1S/C24H24N2O5.C19H16N2O3.C16H9NO3.C16H8O3.C8H16BrNO2.C8H6O3.C8H6O2.2ClH/c1-24(2,3)31-23(29)25-13-8-14-30-26-20-16-10-5-6-11-17(16)21(27)19(20)15-9-4-7-12-18(15)22(26)28;20-10-5-11-24-21-17-13-7-2-3-8-14(13)18(22)16(17)12-6-1-4-9-15(12)19(21)23;18-15-11-7-3-2-6-10(11)14-13(15)9-5-1-4-8-12(9)16(19)17(14)20;17-14-10-6-2-3-7-11(10)15-13(14)9-5-1-4-8-12(9)16(18)19-15;1-8(2,3)12-7(11)10-6-4-5-9;9-5-6-3-1-2-4-7(6)8(10)11;9-8-7-4-2-1-3-6(7)5-10-8;;/h4-7,9-12H,8,13-14H2,1-3H3,(H,25,29);1-4,6-9H,5,10-11,20H2;1-8,20H;1-8H;4-6H2,1-3H3,(H,10,11);1-5H,(H,10,11);1-4H,5H2;2*1H. The lowest BCUT2D eigenvalue weighted by Crippen LogP contribution is -2.34. The van der Waals surface area contributed by atoms with E-state index < -0.39 is 34.4 Å². The molecule has 0 bridgehead atoms. The van der Waals surface area contributed by atoms with Crippen LogP contribution in [-0.4, -0.2) is 127 Å². The number of amides is 2. The number of nitrogens with two attached hydrogens (primary N) is 1. The maximum absolute atomic E-state index is 13.2. The van der Waals surface area contributed by atoms with Crippen molar-refractivity contribution < 1.29 is 81.8 Å². The number of alkyl carbamates (subject to hydrolysis) is 2. The number of aromatic carboxylic acids is 1. The zero-order valence-corrected chi connectivity index (χ0v) is 73.7. The number of rotatable bonds is 14. The predicted molar refractivity (Wildman–Crippen MR) is 497 cm³/mol. The van der Waals surface area contributed by atoms with Crippen LogP contribution < -0.4 is 48.3 Å². The molecule has 1 aliphatic heterocycles. The van der Waals surface area contributed by atoms with Crippen molar-refractivity contribution in [1.82, 2.24) is 24.8 Å². The minimum absolute atomic E-state index is 0. The smallest absolute Gasteiger partial charge is 0.407 e. The average Bonchev–Trinajstić information content (AvgIpc) is 1.60. The first-order chi connectivity index (χ1) is 61.1. The molecule has 0 saturated heterocycles. The van der Waals surface area contributed by atoms with Gasteiger partial charge in [0.15, 0.2) is 35.2 Å². The van der Waals surface area contributed by atoms with E-state index in [1.807, 2.05) is 106 Å². The molecule has 4 aliphatic carbocycles. The van der Waals surface area contributed by atoms with E-state index in [1.165, 1.54) is 21.6 Å². The lowest BCUT2D eigenvalue weighted by Gasteiger charge is -2.19. The van der Waals surface area contributed by atoms with Crippen LogP contribution in [0.3, 0.4) is 0 Å². The summed E-state index contributed by atoms with van der Waals surface area (Å²) in [6.07, 6.45) is 1.69. The Balaban J connectivity index is 0.000000150. The molecule has 2 amide bonds. The van der Waals surface area contributed by atoms with Gasteiger partial charge in [-0.15, -0.1) is 39.0 Å². The second-order valence-corrected chi connectivity index (χ2v) is 31.9. The van der Waals surface area contributed by atoms with E-state index in [4.69, 9.17) is 39.1 Å². The topological polar surface area (TPSA) is 387 Å². The van der Waals surface area contributed by atoms with E-state index >= 15 is 0 Å². The summed E-state index contributed by atoms with van der Waals surface area (Å²) in [5, 5.41) is 29.1. The van der Waals surface area contributed by atoms with Gasteiger partial charge in [0.25, 0.3) is 16.7 Å². The van der Waals surface area contributed by atoms with Gasteiger partial charge in [-0.25, -0.2) is 24.0 Å². The number of cyclic esters (lactones) is 1. The number of fused-ring (bicyclic) bond motifs is 21. The number of aldehydes is 1. The summed E-state index contributed by atoms with van der Waals surface area (Å²) in [7, 11) is 0. The van der Waals surface area contributed by atoms with Crippen molar-refractivity contribution in [3.63, 3.8) is 0 Å². The molecule has 0 saturated carbocycles. The highest BCUT2D eigenvalue weighted by Crippen LogP contribution is 2.43. The number of carbonyl (C=O) groups is 9. The summed E-state index contributed by atoms with van der Waals surface area (Å²) in [5.74, 6) is -1.31. The summed E-state index contributed by atoms with van der Waals surface area (Å²) >= 11 is 3.27. The van der Waals surface area contributed by atoms with Gasteiger partial charge in [0.1, 0.15) is 48.1 Å². The maximum atomic E-state index is 13.2. The summed E-state index contributed by atoms with van der Waals surface area (Å²) in [6, 6.07) is 70.3. The van der Waals surface area contributed by atoms with Crippen LogP contribution in [0.5, 0.6) is 0 Å². The third kappa shape index (κ3) is 20.4. The molecule has 27 nitrogen and oxygen atoms in total. The highest BCUT2D eigenvalue weighted by molar-refractivity contribution is 9.09. The first-order valence-electron chi connectivity index (χ1n) is 40.4. The highest BCUT2D eigenvalue weighted by Gasteiger charge is 2.38. The number of ether oxygens (including phenoxy) is 3. The van der Waals surface area contributed by atoms with Gasteiger partial charge in [-0.3, -0.25) is 38.4 Å². The molecule has 10 aromatic carbocycles. The Morgan fingerprint density at radius 2 is 0.783 bits per heavy atom. The fourth-order valence-electron chi connectivity index (χ4n) is 14.8. The SMILES string of the molecule is CC(C)(C)OC(=O)NCCCBr.CC(C)(C)OC(=O)NCCCOn1c2c(c3ccccc3c1=O)C(=O)c1ccccc1-2.Cl.Cl.NCCCOn1c2c(c3ccccc3c1=O)C(=O)c1ccccc1-2.O=C1OCc2ccccc21.O=C1c2ccccc2-c2c1c1ccccc1c(=O)n2O.O=C1c2ccccc2-c2oc(=O)c3ccccc3c21.O=Cc1ccccc1C(=O)O. The van der Waals surface area contributed by atoms with E-state index in [0.717, 1.165) is 22.9 Å². The Morgan fingerprint density at radius 3 is 1.21 bits per heavy atom. The molecule has 129 heavy (non-hydrogen) atoms. The number of hydrogen-bond donors (Lipinski definition) is 5. The van der Waals surface area contributed by atoms with E-state index in [9.17, 15) is 67.5 Å². The Kier molecular flexibility index (Phi) is 30.6. The van der Waals surface area contributed by atoms with Crippen LogP contribution in [0.25, 0.3) is 88.2 Å². The minimum atomic E-state index is -1.08. The van der Waals surface area contributed by atoms with Crippen LogP contribution >= 0.6 is 40.7 Å². The van der Waals surface area contributed by atoms with Gasteiger partial charge < -0.3 is 55.0 Å². The van der Waals surface area contributed by atoms with Crippen LogP contribution in [0.1, 0.15) is 161 Å². The van der Waals surface area contributed by atoms with Crippen molar-refractivity contribution in [3.05, 3.63) is 351 Å². The molecule has 0 fully saturated rings. The number of nitrogens with zero attached hydrogens (tertiary/aromatic N) is 3. The van der Waals surface area contributed by atoms with Gasteiger partial charge in [0.2, 0.25) is 0 Å². The van der Waals surface area contributed by atoms with Gasteiger partial charge in [0, 0.05) is 102 Å². The summed E-state index contributed by atoms with van der Waals surface area (Å²) < 4.78 is 23.4. The largest absolute Gasteiger partial charge is 0.478 e. The number of hydrogen-bond acceptors (Lipinski definition) is 21. The lowest BCUT2D eigenvalue weighted by molar-refractivity contribution is 0.0508. The van der Waals surface area contributed by atoms with E-state index in [1.54, 1.807) is 166 Å². The van der Waals surface area contributed by atoms with Crippen LogP contribution in [0.4, 0.5) is 9.59 Å². The Morgan fingerprint density at radius 1 is 0.434 bits per heavy atom. The van der Waals surface area contributed by atoms with Crippen molar-refractivity contribution in [2.24, 2.45) is 5.73 Å². The van der Waals surface area contributed by atoms with Crippen LogP contribution in [0.2, 0.25) is 0 Å². The molecule has 14 aromatic rings. The van der Waals surface area contributed by atoms with Crippen LogP contribution in [-0.2, 0) is 20.8 Å². The molecule has 0 atom stereocenters. The molecule has 19 rings (SSSR count). The molecule has 6 N–H and O–H groups in total. The molecule has 0 radical (unpaired) electrons. The van der Waals surface area contributed by atoms with Crippen LogP contribution in [0, 0.1) is 0 Å². The van der Waals surface area contributed by atoms with Gasteiger partial charge in [0.05, 0.1) is 54.9 Å². The number of carboxylic acids is 1. The van der Waals surface area contributed by atoms with Gasteiger partial charge in [-0.2, -0.15) is 0 Å². The van der Waals surface area contributed by atoms with E-state index in [2.05, 4.69) is 26.6 Å². The average molecular weight is 1850 g/mol. The number of ketones is 4. The minimum Gasteiger partial charge on any atom is -0.478 e.